The van der Waals surface area contributed by atoms with Crippen LogP contribution in [0.3, 0.4) is 0 Å². The number of hydrogen-bond donors (Lipinski definition) is 1. The Kier molecular flexibility index (Phi) is 7.39. The number of amides is 1. The van der Waals surface area contributed by atoms with Gasteiger partial charge in [-0.15, -0.1) is 0 Å². The van der Waals surface area contributed by atoms with Gasteiger partial charge < -0.3 is 14.8 Å². The highest BCUT2D eigenvalue weighted by atomic mass is 19.1. The topological polar surface area (TPSA) is 71.3 Å². The summed E-state index contributed by atoms with van der Waals surface area (Å²) in [5.74, 6) is 0.404. The molecule has 31 heavy (non-hydrogen) atoms. The minimum absolute atomic E-state index is 0.0452. The van der Waals surface area contributed by atoms with Crippen LogP contribution in [-0.4, -0.2) is 12.5 Å². The summed E-state index contributed by atoms with van der Waals surface area (Å²) in [4.78, 5) is 12.5. The molecule has 6 heteroatoms. The summed E-state index contributed by atoms with van der Waals surface area (Å²) in [7, 11) is 0. The van der Waals surface area contributed by atoms with E-state index in [9.17, 15) is 14.4 Å². The van der Waals surface area contributed by atoms with Crippen molar-refractivity contribution in [2.45, 2.75) is 13.5 Å². The highest BCUT2D eigenvalue weighted by molar-refractivity contribution is 6.09. The minimum Gasteiger partial charge on any atom is -0.494 e. The van der Waals surface area contributed by atoms with E-state index >= 15 is 0 Å². The quantitative estimate of drug-likeness (QED) is 0.397. The largest absolute Gasteiger partial charge is 0.494 e. The van der Waals surface area contributed by atoms with Crippen LogP contribution in [0.1, 0.15) is 18.1 Å². The molecule has 0 bridgehead atoms. The Morgan fingerprint density at radius 3 is 2.52 bits per heavy atom. The molecule has 0 aliphatic rings. The fourth-order valence-corrected chi connectivity index (χ4v) is 2.80. The first-order chi connectivity index (χ1) is 15.1. The number of anilines is 1. The molecule has 0 aliphatic heterocycles. The van der Waals surface area contributed by atoms with Crippen LogP contribution in [-0.2, 0) is 11.4 Å². The van der Waals surface area contributed by atoms with Crippen LogP contribution in [0.15, 0.2) is 78.4 Å². The third-order valence-corrected chi connectivity index (χ3v) is 4.25. The van der Waals surface area contributed by atoms with Gasteiger partial charge in [0.1, 0.15) is 35.6 Å². The summed E-state index contributed by atoms with van der Waals surface area (Å²) >= 11 is 0. The summed E-state index contributed by atoms with van der Waals surface area (Å²) in [5.41, 5.74) is 1.85. The number of carbonyl (C=O) groups is 1. The summed E-state index contributed by atoms with van der Waals surface area (Å²) in [5, 5.41) is 12.1. The van der Waals surface area contributed by atoms with Gasteiger partial charge in [-0.2, -0.15) is 5.26 Å². The zero-order valence-corrected chi connectivity index (χ0v) is 17.0. The zero-order chi connectivity index (χ0) is 22.1. The average molecular weight is 416 g/mol. The summed E-state index contributed by atoms with van der Waals surface area (Å²) < 4.78 is 24.4. The predicted octanol–water partition coefficient (Wildman–Crippen LogP) is 5.35. The van der Waals surface area contributed by atoms with E-state index in [0.717, 1.165) is 0 Å². The maximum atomic E-state index is 13.3. The van der Waals surface area contributed by atoms with Crippen LogP contribution in [0.5, 0.6) is 11.5 Å². The van der Waals surface area contributed by atoms with Crippen molar-refractivity contribution >= 4 is 17.7 Å². The summed E-state index contributed by atoms with van der Waals surface area (Å²) in [6.45, 7) is 2.65. The lowest BCUT2D eigenvalue weighted by Crippen LogP contribution is -2.13. The zero-order valence-electron chi connectivity index (χ0n) is 17.0. The maximum Gasteiger partial charge on any atom is 0.266 e. The number of nitrogens with one attached hydrogen (secondary N) is 1. The molecule has 5 nitrogen and oxygen atoms in total. The van der Waals surface area contributed by atoms with Crippen molar-refractivity contribution < 1.29 is 18.7 Å². The highest BCUT2D eigenvalue weighted by Crippen LogP contribution is 2.19. The third kappa shape index (κ3) is 6.44. The summed E-state index contributed by atoms with van der Waals surface area (Å²) in [6, 6.07) is 22.0. The SMILES string of the molecule is CCOc1ccc(NC(=O)/C(C#N)=C\c2cccc(OCc3cccc(F)c3)c2)cc1. The number of hydrogen-bond acceptors (Lipinski definition) is 4. The van der Waals surface area contributed by atoms with Gasteiger partial charge in [0.05, 0.1) is 6.61 Å². The van der Waals surface area contributed by atoms with E-state index in [2.05, 4.69) is 5.32 Å². The highest BCUT2D eigenvalue weighted by Gasteiger charge is 2.10. The van der Waals surface area contributed by atoms with Gasteiger partial charge in [-0.3, -0.25) is 4.79 Å². The Balaban J connectivity index is 1.67. The number of rotatable bonds is 8. The van der Waals surface area contributed by atoms with E-state index in [1.165, 1.54) is 18.2 Å². The van der Waals surface area contributed by atoms with Crippen molar-refractivity contribution in [3.63, 3.8) is 0 Å². The third-order valence-electron chi connectivity index (χ3n) is 4.25. The molecule has 0 spiro atoms. The van der Waals surface area contributed by atoms with Gasteiger partial charge in [0.25, 0.3) is 5.91 Å². The molecular formula is C25H21FN2O3. The molecule has 1 N–H and O–H groups in total. The van der Waals surface area contributed by atoms with Crippen molar-refractivity contribution in [1.29, 1.82) is 5.26 Å². The minimum atomic E-state index is -0.516. The number of halogens is 1. The number of nitrogens with zero attached hydrogens (tertiary/aromatic N) is 1. The van der Waals surface area contributed by atoms with Crippen LogP contribution >= 0.6 is 0 Å². The normalized spacial score (nSPS) is 10.8. The molecule has 0 aliphatic carbocycles. The number of nitriles is 1. The Labute approximate surface area is 180 Å². The second kappa shape index (κ2) is 10.6. The first-order valence-corrected chi connectivity index (χ1v) is 9.70. The van der Waals surface area contributed by atoms with Crippen molar-refractivity contribution in [2.24, 2.45) is 0 Å². The van der Waals surface area contributed by atoms with Crippen LogP contribution < -0.4 is 14.8 Å². The molecular weight excluding hydrogens is 395 g/mol. The molecule has 0 unspecified atom stereocenters. The van der Waals surface area contributed by atoms with E-state index in [0.29, 0.717) is 34.9 Å². The molecule has 1 amide bonds. The van der Waals surface area contributed by atoms with Gasteiger partial charge in [-0.05, 0) is 72.7 Å². The van der Waals surface area contributed by atoms with Gasteiger partial charge in [0.15, 0.2) is 0 Å². The fraction of sp³-hybridized carbons (Fsp3) is 0.120. The van der Waals surface area contributed by atoms with Gasteiger partial charge >= 0.3 is 0 Å². The predicted molar refractivity (Wildman–Crippen MR) is 117 cm³/mol. The molecule has 0 saturated carbocycles. The van der Waals surface area contributed by atoms with E-state index in [1.807, 2.05) is 13.0 Å². The molecule has 0 fully saturated rings. The lowest BCUT2D eigenvalue weighted by atomic mass is 10.1. The monoisotopic (exact) mass is 416 g/mol. The van der Waals surface area contributed by atoms with Crippen molar-refractivity contribution in [2.75, 3.05) is 11.9 Å². The van der Waals surface area contributed by atoms with E-state index < -0.39 is 5.91 Å². The molecule has 0 aromatic heterocycles. The van der Waals surface area contributed by atoms with Gasteiger partial charge in [0, 0.05) is 5.69 Å². The van der Waals surface area contributed by atoms with E-state index in [-0.39, 0.29) is 18.0 Å². The van der Waals surface area contributed by atoms with E-state index in [1.54, 1.807) is 60.7 Å². The second-order valence-corrected chi connectivity index (χ2v) is 6.57. The number of benzene rings is 3. The fourth-order valence-electron chi connectivity index (χ4n) is 2.80. The van der Waals surface area contributed by atoms with Crippen LogP contribution in [0, 0.1) is 17.1 Å². The van der Waals surface area contributed by atoms with Crippen molar-refractivity contribution in [3.8, 4) is 17.6 Å². The molecule has 3 aromatic rings. The Bertz CT molecular complexity index is 1120. The Morgan fingerprint density at radius 1 is 1.03 bits per heavy atom. The lowest BCUT2D eigenvalue weighted by molar-refractivity contribution is -0.112. The molecule has 0 radical (unpaired) electrons. The smallest absolute Gasteiger partial charge is 0.266 e. The van der Waals surface area contributed by atoms with Crippen molar-refractivity contribution in [1.82, 2.24) is 0 Å². The molecule has 0 saturated heterocycles. The van der Waals surface area contributed by atoms with Gasteiger partial charge in [0.2, 0.25) is 0 Å². The standard InChI is InChI=1S/C25H21FN2O3/c1-2-30-23-11-9-22(10-12-23)28-25(29)20(16-27)13-18-5-4-8-24(15-18)31-17-19-6-3-7-21(26)14-19/h3-15H,2,17H2,1H3,(H,28,29)/b20-13-. The van der Waals surface area contributed by atoms with Gasteiger partial charge in [-0.1, -0.05) is 24.3 Å². The first kappa shape index (κ1) is 21.6. The Hall–Kier alpha value is -4.11. The van der Waals surface area contributed by atoms with E-state index in [4.69, 9.17) is 9.47 Å². The van der Waals surface area contributed by atoms with Crippen molar-refractivity contribution in [3.05, 3.63) is 95.3 Å². The average Bonchev–Trinajstić information content (AvgIpc) is 2.78. The Morgan fingerprint density at radius 2 is 1.81 bits per heavy atom. The number of ether oxygens (including phenoxy) is 2. The molecule has 0 atom stereocenters. The van der Waals surface area contributed by atoms with Gasteiger partial charge in [-0.25, -0.2) is 4.39 Å². The summed E-state index contributed by atoms with van der Waals surface area (Å²) in [6.07, 6.45) is 1.49. The molecule has 3 aromatic carbocycles. The van der Waals surface area contributed by atoms with Crippen LogP contribution in [0.2, 0.25) is 0 Å². The molecule has 156 valence electrons. The molecule has 3 rings (SSSR count). The van der Waals surface area contributed by atoms with Crippen LogP contribution in [0.4, 0.5) is 10.1 Å². The maximum absolute atomic E-state index is 13.3. The molecule has 0 heterocycles. The first-order valence-electron chi connectivity index (χ1n) is 9.70. The second-order valence-electron chi connectivity index (χ2n) is 6.57. The lowest BCUT2D eigenvalue weighted by Gasteiger charge is -2.08. The van der Waals surface area contributed by atoms with Crippen LogP contribution in [0.25, 0.3) is 6.08 Å². The number of carbonyl (C=O) groups excluding carboxylic acids is 1.